The maximum absolute atomic E-state index is 12.0. The Balaban J connectivity index is 1.49. The number of hydrogen-bond acceptors (Lipinski definition) is 7. The van der Waals surface area contributed by atoms with Gasteiger partial charge >= 0.3 is 6.03 Å². The summed E-state index contributed by atoms with van der Waals surface area (Å²) in [4.78, 5) is 23.9. The lowest BCUT2D eigenvalue weighted by atomic mass is 10.2. The number of nitrogens with one attached hydrogen (secondary N) is 2. The Kier molecular flexibility index (Phi) is 7.39. The van der Waals surface area contributed by atoms with Crippen LogP contribution in [0.5, 0.6) is 5.75 Å². The quantitative estimate of drug-likeness (QED) is 0.532. The number of nitrogens with zero attached hydrogens (tertiary/aromatic N) is 4. The fourth-order valence-corrected chi connectivity index (χ4v) is 3.45. The highest BCUT2D eigenvalue weighted by atomic mass is 32.2. The van der Waals surface area contributed by atoms with Gasteiger partial charge < -0.3 is 10.1 Å². The second kappa shape index (κ2) is 10.4. The van der Waals surface area contributed by atoms with Crippen molar-refractivity contribution in [2.24, 2.45) is 0 Å². The molecule has 30 heavy (non-hydrogen) atoms. The number of benzene rings is 2. The molecule has 2 N–H and O–H groups in total. The summed E-state index contributed by atoms with van der Waals surface area (Å²) >= 11 is 1.32. The van der Waals surface area contributed by atoms with Crippen molar-refractivity contribution >= 4 is 23.7 Å². The highest BCUT2D eigenvalue weighted by molar-refractivity contribution is 7.99. The van der Waals surface area contributed by atoms with Crippen molar-refractivity contribution in [1.29, 1.82) is 0 Å². The van der Waals surface area contributed by atoms with E-state index in [0.717, 1.165) is 16.8 Å². The van der Waals surface area contributed by atoms with Crippen molar-refractivity contribution in [3.63, 3.8) is 0 Å². The summed E-state index contributed by atoms with van der Waals surface area (Å²) < 4.78 is 6.96. The molecule has 9 nitrogen and oxygen atoms in total. The molecule has 0 aliphatic rings. The van der Waals surface area contributed by atoms with Crippen molar-refractivity contribution in [3.05, 3.63) is 59.7 Å². The number of ether oxygens (including phenoxy) is 1. The topological polar surface area (TPSA) is 111 Å². The lowest BCUT2D eigenvalue weighted by Crippen LogP contribution is -2.39. The third-order valence-electron chi connectivity index (χ3n) is 4.11. The zero-order chi connectivity index (χ0) is 21.3. The van der Waals surface area contributed by atoms with Crippen LogP contribution in [0.3, 0.4) is 0 Å². The molecular weight excluding hydrogens is 404 g/mol. The Labute approximate surface area is 178 Å². The van der Waals surface area contributed by atoms with Gasteiger partial charge in [-0.1, -0.05) is 48.2 Å². The van der Waals surface area contributed by atoms with Crippen LogP contribution in [-0.4, -0.2) is 45.0 Å². The molecule has 0 saturated heterocycles. The summed E-state index contributed by atoms with van der Waals surface area (Å²) in [5.74, 6) is 0.676. The molecule has 0 radical (unpaired) electrons. The number of hydrogen-bond donors (Lipinski definition) is 2. The fraction of sp³-hybridized carbons (Fsp3) is 0.250. The highest BCUT2D eigenvalue weighted by Gasteiger charge is 2.15. The Bertz CT molecular complexity index is 1010. The summed E-state index contributed by atoms with van der Waals surface area (Å²) in [5.41, 5.74) is 2.71. The van der Waals surface area contributed by atoms with Gasteiger partial charge in [-0.25, -0.2) is 4.79 Å². The van der Waals surface area contributed by atoms with Gasteiger partial charge in [0.2, 0.25) is 11.1 Å². The van der Waals surface area contributed by atoms with Crippen LogP contribution >= 0.6 is 11.8 Å². The van der Waals surface area contributed by atoms with Crippen LogP contribution in [0.25, 0.3) is 5.69 Å². The molecule has 0 aliphatic heterocycles. The number of rotatable bonds is 8. The van der Waals surface area contributed by atoms with Gasteiger partial charge in [-0.15, -0.1) is 5.10 Å². The number of aryl methyl sites for hydroxylation is 1. The molecule has 156 valence electrons. The van der Waals surface area contributed by atoms with E-state index < -0.39 is 6.03 Å². The van der Waals surface area contributed by atoms with Gasteiger partial charge in [-0.2, -0.15) is 4.68 Å². The molecule has 0 bridgehead atoms. The molecule has 3 amide bonds. The van der Waals surface area contributed by atoms with Crippen molar-refractivity contribution < 1.29 is 14.3 Å². The first-order valence-corrected chi connectivity index (χ1v) is 10.2. The van der Waals surface area contributed by atoms with Crippen molar-refractivity contribution in [2.45, 2.75) is 25.0 Å². The van der Waals surface area contributed by atoms with E-state index in [2.05, 4.69) is 26.2 Å². The number of imide groups is 1. The molecule has 3 aromatic rings. The number of tetrazole rings is 1. The smallest absolute Gasteiger partial charge is 0.321 e. The predicted molar refractivity (Wildman–Crippen MR) is 113 cm³/mol. The van der Waals surface area contributed by atoms with Crippen LogP contribution < -0.4 is 15.4 Å². The molecule has 0 fully saturated rings. The highest BCUT2D eigenvalue weighted by Crippen LogP contribution is 2.27. The molecule has 1 heterocycles. The molecule has 2 aromatic carbocycles. The molecule has 0 atom stereocenters. The van der Waals surface area contributed by atoms with E-state index in [1.807, 2.05) is 55.5 Å². The first-order chi connectivity index (χ1) is 14.6. The SMILES string of the molecule is COc1ccc(C)cc1-n1nnnc1SCCC(=O)NC(=O)NCc1ccccc1. The summed E-state index contributed by atoms with van der Waals surface area (Å²) in [6.45, 7) is 2.31. The number of carbonyl (C=O) groups excluding carboxylic acids is 2. The summed E-state index contributed by atoms with van der Waals surface area (Å²) in [6, 6.07) is 14.6. The Hall–Kier alpha value is -3.40. The van der Waals surface area contributed by atoms with Gasteiger partial charge in [0.1, 0.15) is 11.4 Å². The van der Waals surface area contributed by atoms with Crippen LogP contribution in [0.4, 0.5) is 4.79 Å². The van der Waals surface area contributed by atoms with E-state index in [9.17, 15) is 9.59 Å². The first kappa shape index (κ1) is 21.3. The van der Waals surface area contributed by atoms with Gasteiger partial charge in [-0.3, -0.25) is 10.1 Å². The summed E-state index contributed by atoms with van der Waals surface area (Å²) in [7, 11) is 1.58. The van der Waals surface area contributed by atoms with Crippen LogP contribution in [0.15, 0.2) is 53.7 Å². The zero-order valence-corrected chi connectivity index (χ0v) is 17.5. The molecule has 3 rings (SSSR count). The average molecular weight is 427 g/mol. The van der Waals surface area contributed by atoms with Gasteiger partial charge in [0.05, 0.1) is 7.11 Å². The van der Waals surface area contributed by atoms with E-state index in [4.69, 9.17) is 4.74 Å². The Morgan fingerprint density at radius 2 is 1.97 bits per heavy atom. The van der Waals surface area contributed by atoms with E-state index >= 15 is 0 Å². The number of thioether (sulfide) groups is 1. The van der Waals surface area contributed by atoms with Crippen LogP contribution in [0.1, 0.15) is 17.5 Å². The van der Waals surface area contributed by atoms with E-state index in [1.165, 1.54) is 11.8 Å². The molecule has 0 aliphatic carbocycles. The second-order valence-corrected chi connectivity index (χ2v) is 7.43. The Morgan fingerprint density at radius 1 is 1.17 bits per heavy atom. The Morgan fingerprint density at radius 3 is 2.73 bits per heavy atom. The fourth-order valence-electron chi connectivity index (χ4n) is 2.63. The number of aromatic nitrogens is 4. The molecular formula is C20H22N6O3S. The normalized spacial score (nSPS) is 10.5. The summed E-state index contributed by atoms with van der Waals surface area (Å²) in [6.07, 6.45) is 0.140. The van der Waals surface area contributed by atoms with Crippen molar-refractivity contribution in [3.8, 4) is 11.4 Å². The van der Waals surface area contributed by atoms with Crippen LogP contribution in [0.2, 0.25) is 0 Å². The summed E-state index contributed by atoms with van der Waals surface area (Å²) in [5, 5.41) is 17.3. The van der Waals surface area contributed by atoms with E-state index in [1.54, 1.807) is 11.8 Å². The second-order valence-electron chi connectivity index (χ2n) is 6.36. The first-order valence-electron chi connectivity index (χ1n) is 9.24. The minimum absolute atomic E-state index is 0.140. The van der Waals surface area contributed by atoms with E-state index in [0.29, 0.717) is 23.2 Å². The van der Waals surface area contributed by atoms with Crippen molar-refractivity contribution in [1.82, 2.24) is 30.8 Å². The maximum Gasteiger partial charge on any atom is 0.321 e. The van der Waals surface area contributed by atoms with Gasteiger partial charge in [-0.05, 0) is 40.6 Å². The number of amides is 3. The lowest BCUT2D eigenvalue weighted by Gasteiger charge is -2.10. The molecule has 0 unspecified atom stereocenters. The molecule has 0 spiro atoms. The van der Waals surface area contributed by atoms with Gasteiger partial charge in [0.15, 0.2) is 0 Å². The lowest BCUT2D eigenvalue weighted by molar-refractivity contribution is -0.119. The van der Waals surface area contributed by atoms with E-state index in [-0.39, 0.29) is 12.3 Å². The van der Waals surface area contributed by atoms with Gasteiger partial charge in [0, 0.05) is 18.7 Å². The van der Waals surface area contributed by atoms with Crippen LogP contribution in [0, 0.1) is 6.92 Å². The number of methoxy groups -OCH3 is 1. The van der Waals surface area contributed by atoms with Crippen molar-refractivity contribution in [2.75, 3.05) is 12.9 Å². The monoisotopic (exact) mass is 426 g/mol. The maximum atomic E-state index is 12.0. The molecule has 0 saturated carbocycles. The minimum atomic E-state index is -0.525. The standard InChI is InChI=1S/C20H22N6O3S/c1-14-8-9-17(29-2)16(12-14)26-20(23-24-25-26)30-11-10-18(27)22-19(28)21-13-15-6-4-3-5-7-15/h3-9,12H,10-11,13H2,1-2H3,(H2,21,22,27,28). The van der Waals surface area contributed by atoms with Gasteiger partial charge in [0.25, 0.3) is 0 Å². The van der Waals surface area contributed by atoms with Crippen LogP contribution in [-0.2, 0) is 11.3 Å². The molecule has 10 heteroatoms. The number of urea groups is 1. The number of carbonyl (C=O) groups is 2. The zero-order valence-electron chi connectivity index (χ0n) is 16.7. The third kappa shape index (κ3) is 5.80. The average Bonchev–Trinajstić information content (AvgIpc) is 3.21. The minimum Gasteiger partial charge on any atom is -0.494 e. The third-order valence-corrected chi connectivity index (χ3v) is 5.03. The predicted octanol–water partition coefficient (Wildman–Crippen LogP) is 2.49. The molecule has 1 aromatic heterocycles. The largest absolute Gasteiger partial charge is 0.494 e.